The van der Waals surface area contributed by atoms with E-state index in [1.54, 1.807) is 0 Å². The lowest BCUT2D eigenvalue weighted by atomic mass is 10.1. The molecule has 7 heteroatoms. The number of benzene rings is 1. The van der Waals surface area contributed by atoms with E-state index in [-0.39, 0.29) is 21.4 Å². The number of sulfonamides is 1. The van der Waals surface area contributed by atoms with Crippen LogP contribution in [0.5, 0.6) is 0 Å². The molecule has 0 aliphatic heterocycles. The van der Waals surface area contributed by atoms with Crippen molar-refractivity contribution in [3.05, 3.63) is 28.8 Å². The summed E-state index contributed by atoms with van der Waals surface area (Å²) in [5.41, 5.74) is 0.170. The molecule has 0 saturated heterocycles. The zero-order chi connectivity index (χ0) is 16.2. The van der Waals surface area contributed by atoms with Crippen LogP contribution >= 0.6 is 11.6 Å². The van der Waals surface area contributed by atoms with Gasteiger partial charge in [0, 0.05) is 20.6 Å². The minimum absolute atomic E-state index is 0.0471. The average Bonchev–Trinajstić information content (AvgIpc) is 2.38. The summed E-state index contributed by atoms with van der Waals surface area (Å²) in [5, 5.41) is 2.98. The summed E-state index contributed by atoms with van der Waals surface area (Å²) in [6.07, 6.45) is 0.846. The van der Waals surface area contributed by atoms with Gasteiger partial charge in [0.1, 0.15) is 0 Å². The van der Waals surface area contributed by atoms with E-state index < -0.39 is 10.0 Å². The molecule has 0 aliphatic carbocycles. The molecule has 5 nitrogen and oxygen atoms in total. The maximum Gasteiger partial charge on any atom is 0.252 e. The average molecular weight is 333 g/mol. The van der Waals surface area contributed by atoms with E-state index in [1.807, 2.05) is 0 Å². The van der Waals surface area contributed by atoms with Crippen molar-refractivity contribution in [2.24, 2.45) is 5.92 Å². The monoisotopic (exact) mass is 332 g/mol. The largest absolute Gasteiger partial charge is 0.352 e. The molecule has 0 fully saturated rings. The first-order valence-corrected chi connectivity index (χ1v) is 8.48. The molecule has 0 aromatic heterocycles. The van der Waals surface area contributed by atoms with Crippen molar-refractivity contribution in [1.29, 1.82) is 0 Å². The normalized spacial score (nSPS) is 12.0. The van der Waals surface area contributed by atoms with Crippen molar-refractivity contribution in [1.82, 2.24) is 9.62 Å². The fourth-order valence-corrected chi connectivity index (χ4v) is 2.75. The highest BCUT2D eigenvalue weighted by molar-refractivity contribution is 7.89. The van der Waals surface area contributed by atoms with Crippen molar-refractivity contribution in [3.63, 3.8) is 0 Å². The summed E-state index contributed by atoms with van der Waals surface area (Å²) < 4.78 is 25.2. The van der Waals surface area contributed by atoms with Crippen LogP contribution in [0.4, 0.5) is 0 Å². The number of hydrogen-bond donors (Lipinski definition) is 1. The quantitative estimate of drug-likeness (QED) is 0.869. The van der Waals surface area contributed by atoms with Crippen molar-refractivity contribution >= 4 is 27.5 Å². The Labute approximate surface area is 131 Å². The first-order chi connectivity index (χ1) is 9.66. The minimum Gasteiger partial charge on any atom is -0.352 e. The molecule has 1 N–H and O–H groups in total. The van der Waals surface area contributed by atoms with Gasteiger partial charge in [-0.3, -0.25) is 4.79 Å². The maximum absolute atomic E-state index is 12.1. The molecule has 1 amide bonds. The number of rotatable bonds is 6. The summed E-state index contributed by atoms with van der Waals surface area (Å²) in [6, 6.07) is 4.13. The number of halogens is 1. The van der Waals surface area contributed by atoms with Gasteiger partial charge in [-0.2, -0.15) is 0 Å². The zero-order valence-corrected chi connectivity index (χ0v) is 14.3. The van der Waals surface area contributed by atoms with Crippen LogP contribution < -0.4 is 5.32 Å². The molecule has 0 spiro atoms. The van der Waals surface area contributed by atoms with Gasteiger partial charge in [-0.1, -0.05) is 25.4 Å². The third-order valence-corrected chi connectivity index (χ3v) is 5.11. The van der Waals surface area contributed by atoms with Gasteiger partial charge in [0.05, 0.1) is 15.5 Å². The van der Waals surface area contributed by atoms with Gasteiger partial charge in [0.15, 0.2) is 0 Å². The molecule has 0 radical (unpaired) electrons. The lowest BCUT2D eigenvalue weighted by Gasteiger charge is -2.13. The van der Waals surface area contributed by atoms with Crippen LogP contribution in [0.3, 0.4) is 0 Å². The molecule has 0 unspecified atom stereocenters. The van der Waals surface area contributed by atoms with E-state index in [9.17, 15) is 13.2 Å². The van der Waals surface area contributed by atoms with Gasteiger partial charge in [0.2, 0.25) is 10.0 Å². The second kappa shape index (κ2) is 7.24. The zero-order valence-electron chi connectivity index (χ0n) is 12.7. The summed E-state index contributed by atoms with van der Waals surface area (Å²) in [4.78, 5) is 12.1. The van der Waals surface area contributed by atoms with Gasteiger partial charge in [-0.25, -0.2) is 12.7 Å². The Balaban J connectivity index is 3.00. The number of amides is 1. The number of carbonyl (C=O) groups is 1. The van der Waals surface area contributed by atoms with Crippen LogP contribution in [-0.2, 0) is 10.0 Å². The molecular formula is C14H21ClN2O3S. The molecule has 1 aromatic carbocycles. The summed E-state index contributed by atoms with van der Waals surface area (Å²) >= 11 is 5.99. The highest BCUT2D eigenvalue weighted by Crippen LogP contribution is 2.22. The molecule has 0 saturated carbocycles. The summed E-state index contributed by atoms with van der Waals surface area (Å²) in [6.45, 7) is 4.64. The Morgan fingerprint density at radius 2 is 1.95 bits per heavy atom. The van der Waals surface area contributed by atoms with Gasteiger partial charge in [0.25, 0.3) is 5.91 Å². The van der Waals surface area contributed by atoms with E-state index in [0.717, 1.165) is 10.7 Å². The predicted octanol–water partition coefficient (Wildman–Crippen LogP) is 2.37. The number of hydrogen-bond acceptors (Lipinski definition) is 3. The van der Waals surface area contributed by atoms with Crippen LogP contribution in [0.25, 0.3) is 0 Å². The Bertz CT molecular complexity index is 613. The van der Waals surface area contributed by atoms with E-state index >= 15 is 0 Å². The van der Waals surface area contributed by atoms with Crippen LogP contribution in [0.15, 0.2) is 23.1 Å². The van der Waals surface area contributed by atoms with Crippen LogP contribution in [0.2, 0.25) is 5.02 Å². The first-order valence-electron chi connectivity index (χ1n) is 6.66. The Morgan fingerprint density at radius 1 is 1.33 bits per heavy atom. The Kier molecular flexibility index (Phi) is 6.19. The molecule has 1 rings (SSSR count). The number of carbonyl (C=O) groups excluding carboxylic acids is 1. The van der Waals surface area contributed by atoms with E-state index in [1.165, 1.54) is 32.3 Å². The molecule has 21 heavy (non-hydrogen) atoms. The molecule has 1 aromatic rings. The predicted molar refractivity (Wildman–Crippen MR) is 84.1 cm³/mol. The lowest BCUT2D eigenvalue weighted by Crippen LogP contribution is -2.27. The highest BCUT2D eigenvalue weighted by Gasteiger charge is 2.20. The van der Waals surface area contributed by atoms with Gasteiger partial charge in [-0.05, 0) is 30.5 Å². The van der Waals surface area contributed by atoms with Crippen molar-refractivity contribution in [2.45, 2.75) is 25.2 Å². The van der Waals surface area contributed by atoms with Crippen molar-refractivity contribution in [3.8, 4) is 0 Å². The Hall–Kier alpha value is -1.11. The van der Waals surface area contributed by atoms with E-state index in [4.69, 9.17) is 11.6 Å². The van der Waals surface area contributed by atoms with Gasteiger partial charge >= 0.3 is 0 Å². The van der Waals surface area contributed by atoms with E-state index in [0.29, 0.717) is 12.5 Å². The maximum atomic E-state index is 12.1. The number of nitrogens with one attached hydrogen (secondary N) is 1. The standard InChI is InChI=1S/C14H21ClN2O3S/c1-10(2)7-8-16-14(18)12-9-11(5-6-13(12)15)21(19,20)17(3)4/h5-6,9-10H,7-8H2,1-4H3,(H,16,18). The van der Waals surface area contributed by atoms with E-state index in [2.05, 4.69) is 19.2 Å². The molecule has 0 atom stereocenters. The van der Waals surface area contributed by atoms with Crippen molar-refractivity contribution < 1.29 is 13.2 Å². The third-order valence-electron chi connectivity index (χ3n) is 2.97. The fourth-order valence-electron chi connectivity index (χ4n) is 1.62. The smallest absolute Gasteiger partial charge is 0.252 e. The molecule has 118 valence electrons. The lowest BCUT2D eigenvalue weighted by molar-refractivity contribution is 0.0952. The molecule has 0 aliphatic rings. The summed E-state index contributed by atoms with van der Waals surface area (Å²) in [7, 11) is -0.715. The summed E-state index contributed by atoms with van der Waals surface area (Å²) in [5.74, 6) is 0.109. The second-order valence-electron chi connectivity index (χ2n) is 5.37. The third kappa shape index (κ3) is 4.69. The van der Waals surface area contributed by atoms with Crippen molar-refractivity contribution in [2.75, 3.05) is 20.6 Å². The van der Waals surface area contributed by atoms with Crippen LogP contribution in [0, 0.1) is 5.92 Å². The molecular weight excluding hydrogens is 312 g/mol. The minimum atomic E-state index is -3.59. The van der Waals surface area contributed by atoms with Crippen LogP contribution in [0.1, 0.15) is 30.6 Å². The number of nitrogens with zero attached hydrogens (tertiary/aromatic N) is 1. The second-order valence-corrected chi connectivity index (χ2v) is 7.93. The SMILES string of the molecule is CC(C)CCNC(=O)c1cc(S(=O)(=O)N(C)C)ccc1Cl. The Morgan fingerprint density at radius 3 is 2.48 bits per heavy atom. The first kappa shape index (κ1) is 17.9. The molecule has 0 heterocycles. The van der Waals surface area contributed by atoms with Gasteiger partial charge < -0.3 is 5.32 Å². The fraction of sp³-hybridized carbons (Fsp3) is 0.500. The molecule has 0 bridgehead atoms. The van der Waals surface area contributed by atoms with Crippen LogP contribution in [-0.4, -0.2) is 39.3 Å². The topological polar surface area (TPSA) is 66.5 Å². The van der Waals surface area contributed by atoms with Gasteiger partial charge in [-0.15, -0.1) is 0 Å². The highest BCUT2D eigenvalue weighted by atomic mass is 35.5.